The van der Waals surface area contributed by atoms with E-state index in [1.165, 1.54) is 4.90 Å². The van der Waals surface area contributed by atoms with E-state index in [2.05, 4.69) is 10.4 Å². The lowest BCUT2D eigenvalue weighted by atomic mass is 9.82. The van der Waals surface area contributed by atoms with Gasteiger partial charge in [-0.1, -0.05) is 6.92 Å². The molecular formula is C17H28N4O4. The fraction of sp³-hybridized carbons (Fsp3) is 0.706. The Morgan fingerprint density at radius 2 is 2.16 bits per heavy atom. The number of nitrogens with zero attached hydrogens (tertiary/aromatic N) is 3. The molecule has 1 aromatic heterocycles. The van der Waals surface area contributed by atoms with Crippen molar-refractivity contribution in [3.05, 3.63) is 18.5 Å². The fourth-order valence-electron chi connectivity index (χ4n) is 2.96. The van der Waals surface area contributed by atoms with Crippen LogP contribution in [-0.4, -0.2) is 63.1 Å². The highest BCUT2D eigenvalue weighted by atomic mass is 16.5. The average Bonchev–Trinajstić information content (AvgIpc) is 2.97. The first-order chi connectivity index (χ1) is 11.6. The first kappa shape index (κ1) is 19.2. The molecule has 0 bridgehead atoms. The predicted octanol–water partition coefficient (Wildman–Crippen LogP) is 1.74. The molecule has 8 heteroatoms. The number of hydrogen-bond acceptors (Lipinski definition) is 4. The topological polar surface area (TPSA) is 96.7 Å². The normalized spacial score (nSPS) is 24.3. The molecule has 1 aliphatic rings. The number of aliphatic carboxylic acids is 1. The standard InChI is InChI=1S/C17H28N4O4/c1-11(15(22)23)10-20(5)16(24)19-12-9-13(25-17(2,3)4)14(12)21-8-6-7-18-21/h6-8,11-14H,9-10H2,1-5H3,(H,19,24)(H,22,23). The third-order valence-electron chi connectivity index (χ3n) is 4.24. The molecule has 2 rings (SSSR count). The maximum absolute atomic E-state index is 12.4. The number of rotatable bonds is 6. The first-order valence-electron chi connectivity index (χ1n) is 8.50. The third-order valence-corrected chi connectivity index (χ3v) is 4.24. The van der Waals surface area contributed by atoms with Gasteiger partial charge in [0, 0.05) is 26.0 Å². The van der Waals surface area contributed by atoms with Crippen molar-refractivity contribution in [2.45, 2.75) is 57.9 Å². The highest BCUT2D eigenvalue weighted by Crippen LogP contribution is 2.37. The van der Waals surface area contributed by atoms with Gasteiger partial charge >= 0.3 is 12.0 Å². The van der Waals surface area contributed by atoms with Crippen LogP contribution in [0.25, 0.3) is 0 Å². The summed E-state index contributed by atoms with van der Waals surface area (Å²) in [5, 5.41) is 16.2. The molecule has 4 atom stereocenters. The Morgan fingerprint density at radius 1 is 1.48 bits per heavy atom. The molecule has 0 radical (unpaired) electrons. The van der Waals surface area contributed by atoms with E-state index in [1.54, 1.807) is 20.2 Å². The van der Waals surface area contributed by atoms with Crippen LogP contribution in [0.1, 0.15) is 40.2 Å². The van der Waals surface area contributed by atoms with Gasteiger partial charge in [-0.2, -0.15) is 5.10 Å². The number of aromatic nitrogens is 2. The van der Waals surface area contributed by atoms with Crippen LogP contribution >= 0.6 is 0 Å². The molecule has 0 aliphatic heterocycles. The van der Waals surface area contributed by atoms with Gasteiger partial charge in [0.15, 0.2) is 0 Å². The number of carbonyl (C=O) groups excluding carboxylic acids is 1. The summed E-state index contributed by atoms with van der Waals surface area (Å²) in [6.45, 7) is 7.73. The molecule has 1 aromatic rings. The number of carboxylic acid groups (broad SMARTS) is 1. The Balaban J connectivity index is 1.99. The van der Waals surface area contributed by atoms with Crippen molar-refractivity contribution in [1.29, 1.82) is 0 Å². The molecule has 0 saturated heterocycles. The van der Waals surface area contributed by atoms with Gasteiger partial charge in [0.1, 0.15) is 0 Å². The number of ether oxygens (including phenoxy) is 1. The molecular weight excluding hydrogens is 324 g/mol. The summed E-state index contributed by atoms with van der Waals surface area (Å²) in [6, 6.07) is 1.36. The third kappa shape index (κ3) is 4.94. The summed E-state index contributed by atoms with van der Waals surface area (Å²) in [4.78, 5) is 24.7. The quantitative estimate of drug-likeness (QED) is 0.813. The van der Waals surface area contributed by atoms with Crippen molar-refractivity contribution < 1.29 is 19.4 Å². The van der Waals surface area contributed by atoms with Gasteiger partial charge in [0.25, 0.3) is 0 Å². The summed E-state index contributed by atoms with van der Waals surface area (Å²) < 4.78 is 7.89. The monoisotopic (exact) mass is 352 g/mol. The van der Waals surface area contributed by atoms with E-state index in [1.807, 2.05) is 37.7 Å². The largest absolute Gasteiger partial charge is 0.481 e. The minimum atomic E-state index is -0.920. The molecule has 25 heavy (non-hydrogen) atoms. The van der Waals surface area contributed by atoms with E-state index in [0.717, 1.165) is 0 Å². The highest BCUT2D eigenvalue weighted by molar-refractivity contribution is 5.76. The molecule has 2 N–H and O–H groups in total. The number of carbonyl (C=O) groups is 2. The van der Waals surface area contributed by atoms with E-state index < -0.39 is 11.9 Å². The molecule has 0 aromatic carbocycles. The van der Waals surface area contributed by atoms with Crippen molar-refractivity contribution in [3.8, 4) is 0 Å². The number of carboxylic acids is 1. The molecule has 1 saturated carbocycles. The zero-order chi connectivity index (χ0) is 18.8. The van der Waals surface area contributed by atoms with Gasteiger partial charge in [0.2, 0.25) is 0 Å². The van der Waals surface area contributed by atoms with E-state index in [9.17, 15) is 9.59 Å². The second-order valence-corrected chi connectivity index (χ2v) is 7.66. The van der Waals surface area contributed by atoms with Crippen LogP contribution in [0.4, 0.5) is 4.79 Å². The number of hydrogen-bond donors (Lipinski definition) is 2. The van der Waals surface area contributed by atoms with Gasteiger partial charge < -0.3 is 20.1 Å². The molecule has 1 fully saturated rings. The van der Waals surface area contributed by atoms with Gasteiger partial charge in [0.05, 0.1) is 29.7 Å². The molecule has 140 valence electrons. The van der Waals surface area contributed by atoms with Crippen molar-refractivity contribution in [2.75, 3.05) is 13.6 Å². The van der Waals surface area contributed by atoms with Crippen LogP contribution in [0.3, 0.4) is 0 Å². The molecule has 4 unspecified atom stereocenters. The lowest BCUT2D eigenvalue weighted by Crippen LogP contribution is -2.60. The van der Waals surface area contributed by atoms with Crippen LogP contribution in [0.5, 0.6) is 0 Å². The van der Waals surface area contributed by atoms with E-state index >= 15 is 0 Å². The van der Waals surface area contributed by atoms with Crippen molar-refractivity contribution >= 4 is 12.0 Å². The second-order valence-electron chi connectivity index (χ2n) is 7.66. The highest BCUT2D eigenvalue weighted by Gasteiger charge is 2.46. The molecule has 0 spiro atoms. The van der Waals surface area contributed by atoms with E-state index in [4.69, 9.17) is 9.84 Å². The summed E-state index contributed by atoms with van der Waals surface area (Å²) in [5.74, 6) is -1.53. The zero-order valence-corrected chi connectivity index (χ0v) is 15.5. The van der Waals surface area contributed by atoms with Crippen LogP contribution in [0.15, 0.2) is 18.5 Å². The van der Waals surface area contributed by atoms with E-state index in [-0.39, 0.29) is 36.4 Å². The minimum Gasteiger partial charge on any atom is -0.481 e. The van der Waals surface area contributed by atoms with Crippen molar-refractivity contribution in [2.24, 2.45) is 5.92 Å². The smallest absolute Gasteiger partial charge is 0.317 e. The summed E-state index contributed by atoms with van der Waals surface area (Å²) in [6.07, 6.45) is 4.22. The minimum absolute atomic E-state index is 0.0338. The van der Waals surface area contributed by atoms with Crippen LogP contribution in [-0.2, 0) is 9.53 Å². The molecule has 8 nitrogen and oxygen atoms in total. The van der Waals surface area contributed by atoms with Gasteiger partial charge in [-0.3, -0.25) is 9.48 Å². The molecule has 2 amide bonds. The Labute approximate surface area is 148 Å². The number of urea groups is 1. The Hall–Kier alpha value is -2.09. The summed E-state index contributed by atoms with van der Waals surface area (Å²) in [5.41, 5.74) is -0.279. The zero-order valence-electron chi connectivity index (χ0n) is 15.5. The average molecular weight is 352 g/mol. The predicted molar refractivity (Wildman–Crippen MR) is 92.3 cm³/mol. The van der Waals surface area contributed by atoms with Crippen LogP contribution < -0.4 is 5.32 Å². The maximum Gasteiger partial charge on any atom is 0.317 e. The van der Waals surface area contributed by atoms with Gasteiger partial charge in [-0.05, 0) is 33.3 Å². The Kier molecular flexibility index (Phi) is 5.72. The lowest BCUT2D eigenvalue weighted by Gasteiger charge is -2.47. The molecule has 1 heterocycles. The first-order valence-corrected chi connectivity index (χ1v) is 8.50. The Morgan fingerprint density at radius 3 is 2.68 bits per heavy atom. The van der Waals surface area contributed by atoms with Gasteiger partial charge in [-0.25, -0.2) is 4.79 Å². The van der Waals surface area contributed by atoms with Crippen molar-refractivity contribution in [3.63, 3.8) is 0 Å². The van der Waals surface area contributed by atoms with E-state index in [0.29, 0.717) is 6.42 Å². The maximum atomic E-state index is 12.4. The number of amides is 2. The lowest BCUT2D eigenvalue weighted by molar-refractivity contribution is -0.141. The van der Waals surface area contributed by atoms with Crippen LogP contribution in [0, 0.1) is 5.92 Å². The summed E-state index contributed by atoms with van der Waals surface area (Å²) >= 11 is 0. The molecule has 1 aliphatic carbocycles. The van der Waals surface area contributed by atoms with Gasteiger partial charge in [-0.15, -0.1) is 0 Å². The Bertz CT molecular complexity index is 596. The second kappa shape index (κ2) is 7.43. The summed E-state index contributed by atoms with van der Waals surface area (Å²) in [7, 11) is 1.60. The number of nitrogens with one attached hydrogen (secondary N) is 1. The SMILES string of the molecule is CC(CN(C)C(=O)NC1CC(OC(C)(C)C)C1n1cccn1)C(=O)O. The van der Waals surface area contributed by atoms with Crippen LogP contribution in [0.2, 0.25) is 0 Å². The van der Waals surface area contributed by atoms with Crippen molar-refractivity contribution in [1.82, 2.24) is 20.0 Å². The fourth-order valence-corrected chi connectivity index (χ4v) is 2.96.